The summed E-state index contributed by atoms with van der Waals surface area (Å²) in [5.41, 5.74) is 5.21. The number of carbonyl (C=O) groups excluding carboxylic acids is 2. The van der Waals surface area contributed by atoms with E-state index in [4.69, 9.17) is 10.5 Å². The summed E-state index contributed by atoms with van der Waals surface area (Å²) in [6.45, 7) is 4.60. The van der Waals surface area contributed by atoms with Gasteiger partial charge in [-0.25, -0.2) is 0 Å². The first-order chi connectivity index (χ1) is 7.65. The Bertz CT molecular complexity index is 272. The van der Waals surface area contributed by atoms with E-state index < -0.39 is 11.9 Å². The lowest BCUT2D eigenvalue weighted by Crippen LogP contribution is -2.46. The van der Waals surface area contributed by atoms with Gasteiger partial charge >= 0.3 is 0 Å². The fourth-order valence-electron chi connectivity index (χ4n) is 1.60. The highest BCUT2D eigenvalue weighted by Gasteiger charge is 2.26. The molecule has 0 aromatic heterocycles. The van der Waals surface area contributed by atoms with E-state index in [9.17, 15) is 9.59 Å². The van der Waals surface area contributed by atoms with E-state index in [1.54, 1.807) is 6.08 Å². The highest BCUT2D eigenvalue weighted by Crippen LogP contribution is 2.12. The lowest BCUT2D eigenvalue weighted by atomic mass is 10.1. The number of hydrogen-bond acceptors (Lipinski definition) is 3. The van der Waals surface area contributed by atoms with Crippen molar-refractivity contribution in [2.24, 2.45) is 11.7 Å². The third-order valence-electron chi connectivity index (χ3n) is 2.62. The van der Waals surface area contributed by atoms with Crippen LogP contribution in [-0.2, 0) is 14.3 Å². The molecule has 5 nitrogen and oxygen atoms in total. The van der Waals surface area contributed by atoms with Crippen molar-refractivity contribution in [1.82, 2.24) is 5.32 Å². The minimum Gasteiger partial charge on any atom is -0.381 e. The van der Waals surface area contributed by atoms with Gasteiger partial charge in [-0.1, -0.05) is 6.08 Å². The summed E-state index contributed by atoms with van der Waals surface area (Å²) in [7, 11) is 0. The zero-order valence-corrected chi connectivity index (χ0v) is 9.28. The molecular formula is C11H18N2O3. The Morgan fingerprint density at radius 3 is 2.88 bits per heavy atom. The van der Waals surface area contributed by atoms with Crippen LogP contribution in [0.5, 0.6) is 0 Å². The number of carbonyl (C=O) groups is 2. The van der Waals surface area contributed by atoms with Gasteiger partial charge < -0.3 is 15.8 Å². The summed E-state index contributed by atoms with van der Waals surface area (Å²) in [6.07, 6.45) is 3.55. The predicted octanol–water partition coefficient (Wildman–Crippen LogP) is -0.0408. The Labute approximate surface area is 95.0 Å². The molecule has 16 heavy (non-hydrogen) atoms. The molecule has 1 fully saturated rings. The molecule has 1 saturated heterocycles. The maximum atomic E-state index is 11.7. The molecule has 0 aliphatic carbocycles. The van der Waals surface area contributed by atoms with E-state index >= 15 is 0 Å². The van der Waals surface area contributed by atoms with Gasteiger partial charge in [0.1, 0.15) is 6.04 Å². The van der Waals surface area contributed by atoms with Gasteiger partial charge in [-0.3, -0.25) is 9.59 Å². The van der Waals surface area contributed by atoms with Gasteiger partial charge in [0.2, 0.25) is 11.8 Å². The maximum absolute atomic E-state index is 11.7. The van der Waals surface area contributed by atoms with Gasteiger partial charge in [-0.15, -0.1) is 6.58 Å². The number of nitrogens with two attached hydrogens (primary N) is 1. The molecule has 3 N–H and O–H groups in total. The summed E-state index contributed by atoms with van der Waals surface area (Å²) in [4.78, 5) is 22.8. The molecule has 2 amide bonds. The molecule has 2 atom stereocenters. The van der Waals surface area contributed by atoms with Crippen molar-refractivity contribution < 1.29 is 14.3 Å². The average Bonchev–Trinajstić information content (AvgIpc) is 2.76. The molecule has 1 aliphatic rings. The molecule has 0 saturated carbocycles. The molecule has 0 spiro atoms. The maximum Gasteiger partial charge on any atom is 0.240 e. The van der Waals surface area contributed by atoms with Gasteiger partial charge in [0.15, 0.2) is 0 Å². The number of ether oxygens (including phenoxy) is 1. The molecule has 1 aliphatic heterocycles. The molecule has 0 radical (unpaired) electrons. The number of nitrogens with one attached hydrogen (secondary N) is 1. The van der Waals surface area contributed by atoms with Gasteiger partial charge in [0, 0.05) is 6.61 Å². The van der Waals surface area contributed by atoms with Crippen molar-refractivity contribution in [2.45, 2.75) is 25.3 Å². The molecule has 0 bridgehead atoms. The second-order valence-corrected chi connectivity index (χ2v) is 3.89. The Balaban J connectivity index is 2.43. The van der Waals surface area contributed by atoms with Crippen molar-refractivity contribution in [1.29, 1.82) is 0 Å². The normalized spacial score (nSPS) is 21.4. The van der Waals surface area contributed by atoms with Crippen LogP contribution in [-0.4, -0.2) is 31.1 Å². The van der Waals surface area contributed by atoms with Crippen molar-refractivity contribution in [3.05, 3.63) is 12.7 Å². The number of hydrogen-bond donors (Lipinski definition) is 2. The van der Waals surface area contributed by atoms with Crippen LogP contribution in [0, 0.1) is 5.92 Å². The van der Waals surface area contributed by atoms with Gasteiger partial charge in [0.05, 0.1) is 12.5 Å². The average molecular weight is 226 g/mol. The van der Waals surface area contributed by atoms with Crippen LogP contribution in [0.15, 0.2) is 12.7 Å². The number of primary amides is 1. The summed E-state index contributed by atoms with van der Waals surface area (Å²) < 4.78 is 5.11. The quantitative estimate of drug-likeness (QED) is 0.623. The van der Waals surface area contributed by atoms with Crippen LogP contribution in [0.25, 0.3) is 0 Å². The number of rotatable bonds is 6. The van der Waals surface area contributed by atoms with Crippen molar-refractivity contribution in [3.63, 3.8) is 0 Å². The van der Waals surface area contributed by atoms with Crippen LogP contribution >= 0.6 is 0 Å². The van der Waals surface area contributed by atoms with Crippen molar-refractivity contribution >= 4 is 11.8 Å². The third-order valence-corrected chi connectivity index (χ3v) is 2.62. The minimum absolute atomic E-state index is 0.148. The van der Waals surface area contributed by atoms with Crippen molar-refractivity contribution in [2.75, 3.05) is 13.2 Å². The zero-order valence-electron chi connectivity index (χ0n) is 9.28. The SMILES string of the molecule is C=CCC[C@@H](NC(=O)[C@H]1CCOC1)C(N)=O. The minimum atomic E-state index is -0.605. The lowest BCUT2D eigenvalue weighted by molar-refractivity contribution is -0.130. The number of allylic oxidation sites excluding steroid dienone is 1. The van der Waals surface area contributed by atoms with E-state index in [0.29, 0.717) is 32.5 Å². The van der Waals surface area contributed by atoms with E-state index in [1.165, 1.54) is 0 Å². The van der Waals surface area contributed by atoms with Crippen molar-refractivity contribution in [3.8, 4) is 0 Å². The van der Waals surface area contributed by atoms with Crippen LogP contribution in [0.2, 0.25) is 0 Å². The first-order valence-corrected chi connectivity index (χ1v) is 5.43. The van der Waals surface area contributed by atoms with Gasteiger partial charge in [-0.2, -0.15) is 0 Å². The molecule has 0 aromatic carbocycles. The third kappa shape index (κ3) is 3.66. The zero-order chi connectivity index (χ0) is 12.0. The summed E-state index contributed by atoms with van der Waals surface area (Å²) in [5.74, 6) is -0.801. The Hall–Kier alpha value is -1.36. The first kappa shape index (κ1) is 12.7. The first-order valence-electron chi connectivity index (χ1n) is 5.43. The monoisotopic (exact) mass is 226 g/mol. The fraction of sp³-hybridized carbons (Fsp3) is 0.636. The van der Waals surface area contributed by atoms with E-state index in [1.807, 2.05) is 0 Å². The van der Waals surface area contributed by atoms with E-state index in [-0.39, 0.29) is 11.8 Å². The van der Waals surface area contributed by atoms with Crippen LogP contribution in [0.4, 0.5) is 0 Å². The highest BCUT2D eigenvalue weighted by atomic mass is 16.5. The van der Waals surface area contributed by atoms with E-state index in [2.05, 4.69) is 11.9 Å². The Kier molecular flexibility index (Phi) is 4.98. The van der Waals surface area contributed by atoms with Crippen LogP contribution in [0.3, 0.4) is 0 Å². The fourth-order valence-corrected chi connectivity index (χ4v) is 1.60. The van der Waals surface area contributed by atoms with Gasteiger partial charge in [0.25, 0.3) is 0 Å². The molecule has 1 rings (SSSR count). The standard InChI is InChI=1S/C11H18N2O3/c1-2-3-4-9(10(12)14)13-11(15)8-5-6-16-7-8/h2,8-9H,1,3-7H2,(H2,12,14)(H,13,15)/t8-,9+/m0/s1. The second-order valence-electron chi connectivity index (χ2n) is 3.89. The molecule has 5 heteroatoms. The Morgan fingerprint density at radius 1 is 1.62 bits per heavy atom. The second kappa shape index (κ2) is 6.27. The molecular weight excluding hydrogens is 208 g/mol. The van der Waals surface area contributed by atoms with Crippen LogP contribution in [0.1, 0.15) is 19.3 Å². The molecule has 0 unspecified atom stereocenters. The molecule has 1 heterocycles. The van der Waals surface area contributed by atoms with Gasteiger partial charge in [-0.05, 0) is 19.3 Å². The summed E-state index contributed by atoms with van der Waals surface area (Å²) in [5, 5.41) is 2.65. The summed E-state index contributed by atoms with van der Waals surface area (Å²) in [6, 6.07) is -0.605. The summed E-state index contributed by atoms with van der Waals surface area (Å²) >= 11 is 0. The van der Waals surface area contributed by atoms with E-state index in [0.717, 1.165) is 0 Å². The van der Waals surface area contributed by atoms with Crippen LogP contribution < -0.4 is 11.1 Å². The Morgan fingerprint density at radius 2 is 2.38 bits per heavy atom. The molecule has 90 valence electrons. The number of amides is 2. The smallest absolute Gasteiger partial charge is 0.240 e. The molecule has 0 aromatic rings. The predicted molar refractivity (Wildman–Crippen MR) is 59.5 cm³/mol. The topological polar surface area (TPSA) is 81.4 Å². The largest absolute Gasteiger partial charge is 0.381 e. The lowest BCUT2D eigenvalue weighted by Gasteiger charge is -2.16. The highest BCUT2D eigenvalue weighted by molar-refractivity contribution is 5.87.